The first-order chi connectivity index (χ1) is 17.4. The van der Waals surface area contributed by atoms with E-state index in [0.717, 1.165) is 28.5 Å². The first-order valence-corrected chi connectivity index (χ1v) is 12.2. The van der Waals surface area contributed by atoms with Crippen molar-refractivity contribution >= 4 is 46.0 Å². The summed E-state index contributed by atoms with van der Waals surface area (Å²) in [6, 6.07) is 17.4. The lowest BCUT2D eigenvalue weighted by Gasteiger charge is -2.21. The van der Waals surface area contributed by atoms with Gasteiger partial charge in [0.25, 0.3) is 5.91 Å². The number of fused-ring (bicyclic) bond motifs is 2. The predicted octanol–water partition coefficient (Wildman–Crippen LogP) is 5.71. The number of aromatic nitrogens is 1. The molecule has 1 aromatic heterocycles. The molecular formula is C28H22Cl2N2O4. The van der Waals surface area contributed by atoms with Crippen LogP contribution in [0.25, 0.3) is 22.0 Å². The van der Waals surface area contributed by atoms with Gasteiger partial charge in [0.05, 0.1) is 34.3 Å². The first kappa shape index (κ1) is 24.3. The van der Waals surface area contributed by atoms with Crippen molar-refractivity contribution in [2.24, 2.45) is 0 Å². The highest BCUT2D eigenvalue weighted by Gasteiger charge is 2.25. The Kier molecular flexibility index (Phi) is 6.92. The fourth-order valence-corrected chi connectivity index (χ4v) is 5.21. The van der Waals surface area contributed by atoms with Crippen molar-refractivity contribution in [3.05, 3.63) is 99.2 Å². The molecule has 0 radical (unpaired) electrons. The number of halogens is 2. The van der Waals surface area contributed by atoms with Crippen LogP contribution >= 0.6 is 23.2 Å². The van der Waals surface area contributed by atoms with Crippen LogP contribution in [0.5, 0.6) is 0 Å². The topological polar surface area (TPSA) is 88.5 Å². The second-order valence-electron chi connectivity index (χ2n) is 8.58. The lowest BCUT2D eigenvalue weighted by atomic mass is 9.89. The van der Waals surface area contributed by atoms with E-state index in [2.05, 4.69) is 22.4 Å². The summed E-state index contributed by atoms with van der Waals surface area (Å²) in [5.41, 5.74) is 5.94. The number of benzene rings is 3. The number of carboxylic acid groups (broad SMARTS) is 1. The lowest BCUT2D eigenvalue weighted by molar-refractivity contribution is -0.139. The number of hydrogen-bond acceptors (Lipinski definition) is 4. The number of carbonyl (C=O) groups is 2. The summed E-state index contributed by atoms with van der Waals surface area (Å²) < 4.78 is 5.72. The molecule has 0 spiro atoms. The molecule has 0 saturated carbocycles. The minimum Gasteiger partial charge on any atom is -0.480 e. The zero-order valence-corrected chi connectivity index (χ0v) is 20.6. The number of rotatable bonds is 6. The van der Waals surface area contributed by atoms with E-state index in [-0.39, 0.29) is 22.0 Å². The van der Waals surface area contributed by atoms with Gasteiger partial charge in [-0.15, -0.1) is 0 Å². The molecule has 4 aromatic rings. The van der Waals surface area contributed by atoms with Crippen LogP contribution < -0.4 is 5.32 Å². The summed E-state index contributed by atoms with van der Waals surface area (Å²) in [5.74, 6) is -1.82. The van der Waals surface area contributed by atoms with Crippen LogP contribution in [0, 0.1) is 0 Å². The van der Waals surface area contributed by atoms with Crippen LogP contribution in [0.15, 0.2) is 66.9 Å². The molecule has 0 saturated heterocycles. The van der Waals surface area contributed by atoms with Crippen molar-refractivity contribution in [3.63, 3.8) is 0 Å². The van der Waals surface area contributed by atoms with Gasteiger partial charge in [-0.25, -0.2) is 4.79 Å². The summed E-state index contributed by atoms with van der Waals surface area (Å²) in [4.78, 5) is 29.5. The van der Waals surface area contributed by atoms with E-state index >= 15 is 0 Å². The molecule has 1 aliphatic rings. The van der Waals surface area contributed by atoms with E-state index in [4.69, 9.17) is 27.9 Å². The number of ether oxygens (including phenoxy) is 1. The number of amides is 1. The van der Waals surface area contributed by atoms with Gasteiger partial charge in [0, 0.05) is 18.0 Å². The van der Waals surface area contributed by atoms with Gasteiger partial charge in [-0.05, 0) is 52.4 Å². The number of carboxylic acids is 1. The van der Waals surface area contributed by atoms with Gasteiger partial charge >= 0.3 is 5.97 Å². The van der Waals surface area contributed by atoms with Crippen LogP contribution in [0.4, 0.5) is 0 Å². The molecule has 1 atom stereocenters. The van der Waals surface area contributed by atoms with E-state index in [1.165, 1.54) is 17.7 Å². The molecule has 3 aromatic carbocycles. The second-order valence-corrected chi connectivity index (χ2v) is 9.40. The van der Waals surface area contributed by atoms with Gasteiger partial charge in [-0.2, -0.15) is 0 Å². The zero-order valence-electron chi connectivity index (χ0n) is 19.1. The van der Waals surface area contributed by atoms with Crippen molar-refractivity contribution in [2.45, 2.75) is 25.5 Å². The smallest absolute Gasteiger partial charge is 0.326 e. The maximum atomic E-state index is 12.9. The largest absolute Gasteiger partial charge is 0.480 e. The third-order valence-corrected chi connectivity index (χ3v) is 7.03. The number of nitrogens with zero attached hydrogens (tertiary/aromatic N) is 1. The number of nitrogens with one attached hydrogen (secondary N) is 1. The summed E-state index contributed by atoms with van der Waals surface area (Å²) in [5, 5.41) is 13.7. The third kappa shape index (κ3) is 4.67. The molecule has 0 bridgehead atoms. The van der Waals surface area contributed by atoms with Crippen LogP contribution in [0.1, 0.15) is 27.0 Å². The highest BCUT2D eigenvalue weighted by atomic mass is 35.5. The van der Waals surface area contributed by atoms with E-state index in [1.807, 2.05) is 30.3 Å². The Bertz CT molecular complexity index is 1470. The van der Waals surface area contributed by atoms with Gasteiger partial charge in [-0.1, -0.05) is 65.7 Å². The van der Waals surface area contributed by atoms with Crippen LogP contribution in [0.2, 0.25) is 10.0 Å². The van der Waals surface area contributed by atoms with Crippen LogP contribution in [-0.4, -0.2) is 34.6 Å². The molecule has 8 heteroatoms. The average Bonchev–Trinajstić information content (AvgIpc) is 2.88. The number of aliphatic carboxylic acids is 1. The molecule has 5 rings (SSSR count). The summed E-state index contributed by atoms with van der Waals surface area (Å²) in [7, 11) is 0. The summed E-state index contributed by atoms with van der Waals surface area (Å²) >= 11 is 12.3. The molecular weight excluding hydrogens is 499 g/mol. The van der Waals surface area contributed by atoms with Gasteiger partial charge in [-0.3, -0.25) is 9.78 Å². The van der Waals surface area contributed by atoms with Gasteiger partial charge < -0.3 is 15.2 Å². The van der Waals surface area contributed by atoms with Crippen molar-refractivity contribution in [2.75, 3.05) is 6.61 Å². The van der Waals surface area contributed by atoms with Crippen molar-refractivity contribution in [1.82, 2.24) is 10.3 Å². The van der Waals surface area contributed by atoms with Gasteiger partial charge in [0.1, 0.15) is 6.04 Å². The molecule has 2 heterocycles. The Hall–Kier alpha value is -3.45. The SMILES string of the molecule is O=C(NC(Cc1ccc(-c2cccc3c2COCC3)c2cccnc12)C(=O)O)c1c(Cl)cccc1Cl. The molecule has 1 amide bonds. The molecule has 182 valence electrons. The van der Waals surface area contributed by atoms with E-state index in [0.29, 0.717) is 24.3 Å². The normalized spacial score (nSPS) is 13.7. The fraction of sp³-hybridized carbons (Fsp3) is 0.179. The standard InChI is InChI=1S/C28H22Cl2N2O4/c29-22-7-2-8-23(30)25(22)27(33)32-24(28(34)35)14-17-9-10-19(20-6-3-12-31-26(17)20)18-5-1-4-16-11-13-36-15-21(16)18/h1-10,12,24H,11,13-15H2,(H,32,33)(H,34,35). The fourth-order valence-electron chi connectivity index (χ4n) is 4.64. The Labute approximate surface area is 217 Å². The van der Waals surface area contributed by atoms with E-state index in [1.54, 1.807) is 12.3 Å². The Morgan fingerprint density at radius 2 is 1.78 bits per heavy atom. The molecule has 6 nitrogen and oxygen atoms in total. The molecule has 0 aliphatic carbocycles. The third-order valence-electron chi connectivity index (χ3n) is 6.40. The van der Waals surface area contributed by atoms with Crippen LogP contribution in [-0.2, 0) is 29.0 Å². The number of pyridine rings is 1. The first-order valence-electron chi connectivity index (χ1n) is 11.5. The van der Waals surface area contributed by atoms with Crippen molar-refractivity contribution < 1.29 is 19.4 Å². The van der Waals surface area contributed by atoms with Crippen LogP contribution in [0.3, 0.4) is 0 Å². The summed E-state index contributed by atoms with van der Waals surface area (Å²) in [6.07, 6.45) is 2.58. The summed E-state index contributed by atoms with van der Waals surface area (Å²) in [6.45, 7) is 1.26. The second kappa shape index (κ2) is 10.3. The highest BCUT2D eigenvalue weighted by Crippen LogP contribution is 2.35. The maximum Gasteiger partial charge on any atom is 0.326 e. The van der Waals surface area contributed by atoms with Gasteiger partial charge in [0.15, 0.2) is 0 Å². The zero-order chi connectivity index (χ0) is 25.2. The molecule has 2 N–H and O–H groups in total. The highest BCUT2D eigenvalue weighted by molar-refractivity contribution is 6.39. The molecule has 36 heavy (non-hydrogen) atoms. The Morgan fingerprint density at radius 1 is 1.00 bits per heavy atom. The monoisotopic (exact) mass is 520 g/mol. The van der Waals surface area contributed by atoms with E-state index < -0.39 is 17.9 Å². The predicted molar refractivity (Wildman–Crippen MR) is 140 cm³/mol. The maximum absolute atomic E-state index is 12.9. The average molecular weight is 521 g/mol. The Morgan fingerprint density at radius 3 is 2.56 bits per heavy atom. The van der Waals surface area contributed by atoms with E-state index in [9.17, 15) is 14.7 Å². The Balaban J connectivity index is 1.51. The van der Waals surface area contributed by atoms with Crippen molar-refractivity contribution in [3.8, 4) is 11.1 Å². The quantitative estimate of drug-likeness (QED) is 0.340. The minimum atomic E-state index is -1.21. The van der Waals surface area contributed by atoms with Crippen molar-refractivity contribution in [1.29, 1.82) is 0 Å². The molecule has 1 aliphatic heterocycles. The minimum absolute atomic E-state index is 0.0347. The lowest BCUT2D eigenvalue weighted by Crippen LogP contribution is -2.42. The number of carbonyl (C=O) groups excluding carboxylic acids is 1. The molecule has 0 fully saturated rings. The van der Waals surface area contributed by atoms with Gasteiger partial charge in [0.2, 0.25) is 0 Å². The number of hydrogen-bond donors (Lipinski definition) is 2. The molecule has 1 unspecified atom stereocenters.